The molecule has 15 heavy (non-hydrogen) atoms. The van der Waals surface area contributed by atoms with Gasteiger partial charge in [0, 0.05) is 5.33 Å². The van der Waals surface area contributed by atoms with Gasteiger partial charge in [0.05, 0.1) is 5.92 Å². The molecule has 0 aliphatic carbocycles. The Morgan fingerprint density at radius 3 is 2.27 bits per heavy atom. The van der Waals surface area contributed by atoms with E-state index in [1.807, 2.05) is 0 Å². The van der Waals surface area contributed by atoms with Crippen molar-refractivity contribution in [3.05, 3.63) is 0 Å². The zero-order valence-electron chi connectivity index (χ0n) is 9.67. The summed E-state index contributed by atoms with van der Waals surface area (Å²) in [6, 6.07) is 0. The van der Waals surface area contributed by atoms with Crippen molar-refractivity contribution in [3.63, 3.8) is 0 Å². The molecule has 0 fully saturated rings. The van der Waals surface area contributed by atoms with Crippen molar-refractivity contribution in [2.24, 2.45) is 5.92 Å². The minimum Gasteiger partial charge on any atom is -0.481 e. The van der Waals surface area contributed by atoms with Crippen molar-refractivity contribution in [2.75, 3.05) is 5.33 Å². The second-order valence-electron chi connectivity index (χ2n) is 4.07. The molecule has 0 bridgehead atoms. The molecule has 90 valence electrons. The standard InChI is InChI=1S/C12H23BrO2/c1-2-3-8-11(12(14)15)9-6-4-5-7-10-13/h11H,2-10H2,1H3,(H,14,15). The van der Waals surface area contributed by atoms with Crippen LogP contribution in [0.1, 0.15) is 58.3 Å². The Balaban J connectivity index is 3.53. The first-order valence-corrected chi connectivity index (χ1v) is 7.13. The van der Waals surface area contributed by atoms with E-state index in [-0.39, 0.29) is 5.92 Å². The van der Waals surface area contributed by atoms with Crippen molar-refractivity contribution in [1.29, 1.82) is 0 Å². The van der Waals surface area contributed by atoms with Crippen molar-refractivity contribution in [3.8, 4) is 0 Å². The Hall–Kier alpha value is -0.0500. The topological polar surface area (TPSA) is 37.3 Å². The van der Waals surface area contributed by atoms with E-state index in [4.69, 9.17) is 5.11 Å². The van der Waals surface area contributed by atoms with Gasteiger partial charge in [0.15, 0.2) is 0 Å². The molecule has 1 atom stereocenters. The average Bonchev–Trinajstić information content (AvgIpc) is 2.21. The van der Waals surface area contributed by atoms with Gasteiger partial charge < -0.3 is 5.11 Å². The summed E-state index contributed by atoms with van der Waals surface area (Å²) in [5.74, 6) is -0.710. The molecular weight excluding hydrogens is 256 g/mol. The van der Waals surface area contributed by atoms with Crippen LogP contribution in [0.5, 0.6) is 0 Å². The first kappa shape index (κ1) is 14.9. The lowest BCUT2D eigenvalue weighted by atomic mass is 9.95. The highest BCUT2D eigenvalue weighted by Gasteiger charge is 2.15. The molecule has 0 aliphatic rings. The number of halogens is 1. The fourth-order valence-electron chi connectivity index (χ4n) is 1.68. The number of rotatable bonds is 10. The largest absolute Gasteiger partial charge is 0.481 e. The fraction of sp³-hybridized carbons (Fsp3) is 0.917. The predicted molar refractivity (Wildman–Crippen MR) is 67.5 cm³/mol. The zero-order valence-corrected chi connectivity index (χ0v) is 11.3. The second kappa shape index (κ2) is 10.5. The van der Waals surface area contributed by atoms with E-state index in [2.05, 4.69) is 22.9 Å². The molecule has 2 nitrogen and oxygen atoms in total. The lowest BCUT2D eigenvalue weighted by Gasteiger charge is -2.11. The van der Waals surface area contributed by atoms with Crippen molar-refractivity contribution in [1.82, 2.24) is 0 Å². The van der Waals surface area contributed by atoms with E-state index in [0.29, 0.717) is 0 Å². The Kier molecular flexibility index (Phi) is 10.4. The van der Waals surface area contributed by atoms with Gasteiger partial charge in [-0.1, -0.05) is 55.0 Å². The number of hydrogen-bond acceptors (Lipinski definition) is 1. The normalized spacial score (nSPS) is 12.7. The van der Waals surface area contributed by atoms with Crippen LogP contribution < -0.4 is 0 Å². The molecular formula is C12H23BrO2. The summed E-state index contributed by atoms with van der Waals surface area (Å²) in [6.07, 6.45) is 8.49. The summed E-state index contributed by atoms with van der Waals surface area (Å²) in [6.45, 7) is 2.11. The lowest BCUT2D eigenvalue weighted by molar-refractivity contribution is -0.142. The van der Waals surface area contributed by atoms with Crippen LogP contribution in [0.2, 0.25) is 0 Å². The molecule has 3 heteroatoms. The van der Waals surface area contributed by atoms with E-state index in [9.17, 15) is 4.79 Å². The molecule has 0 aliphatic heterocycles. The van der Waals surface area contributed by atoms with E-state index in [1.54, 1.807) is 0 Å². The summed E-state index contributed by atoms with van der Waals surface area (Å²) in [5.41, 5.74) is 0. The highest BCUT2D eigenvalue weighted by Crippen LogP contribution is 2.17. The molecule has 0 aromatic heterocycles. The summed E-state index contributed by atoms with van der Waals surface area (Å²) in [5, 5.41) is 10.1. The molecule has 0 saturated heterocycles. The van der Waals surface area contributed by atoms with Crippen LogP contribution in [-0.2, 0) is 4.79 Å². The third kappa shape index (κ3) is 8.91. The van der Waals surface area contributed by atoms with Crippen molar-refractivity contribution in [2.45, 2.75) is 58.3 Å². The molecule has 1 unspecified atom stereocenters. The highest BCUT2D eigenvalue weighted by molar-refractivity contribution is 9.09. The van der Waals surface area contributed by atoms with Crippen molar-refractivity contribution >= 4 is 21.9 Å². The Bertz CT molecular complexity index is 160. The number of alkyl halides is 1. The van der Waals surface area contributed by atoms with Gasteiger partial charge in [-0.3, -0.25) is 4.79 Å². The third-order valence-corrected chi connectivity index (χ3v) is 3.25. The average molecular weight is 279 g/mol. The van der Waals surface area contributed by atoms with Crippen LogP contribution in [0.3, 0.4) is 0 Å². The maximum atomic E-state index is 10.9. The van der Waals surface area contributed by atoms with Gasteiger partial charge in [-0.2, -0.15) is 0 Å². The van der Waals surface area contributed by atoms with Gasteiger partial charge >= 0.3 is 5.97 Å². The molecule has 0 amide bonds. The van der Waals surface area contributed by atoms with Crippen LogP contribution in [0.15, 0.2) is 0 Å². The van der Waals surface area contributed by atoms with Gasteiger partial charge in [-0.25, -0.2) is 0 Å². The highest BCUT2D eigenvalue weighted by atomic mass is 79.9. The van der Waals surface area contributed by atoms with Crippen LogP contribution >= 0.6 is 15.9 Å². The zero-order chi connectivity index (χ0) is 11.5. The summed E-state index contributed by atoms with van der Waals surface area (Å²) in [7, 11) is 0. The maximum absolute atomic E-state index is 10.9. The third-order valence-electron chi connectivity index (χ3n) is 2.69. The molecule has 0 rings (SSSR count). The minimum atomic E-state index is -0.607. The minimum absolute atomic E-state index is 0.103. The van der Waals surface area contributed by atoms with Gasteiger partial charge in [0.25, 0.3) is 0 Å². The van der Waals surface area contributed by atoms with Gasteiger partial charge in [0.1, 0.15) is 0 Å². The van der Waals surface area contributed by atoms with Gasteiger partial charge in [-0.05, 0) is 19.3 Å². The summed E-state index contributed by atoms with van der Waals surface area (Å²) in [4.78, 5) is 10.9. The Morgan fingerprint density at radius 1 is 1.13 bits per heavy atom. The molecule has 0 aromatic carbocycles. The monoisotopic (exact) mass is 278 g/mol. The lowest BCUT2D eigenvalue weighted by Crippen LogP contribution is -2.13. The van der Waals surface area contributed by atoms with Crippen molar-refractivity contribution < 1.29 is 9.90 Å². The number of carboxylic acid groups (broad SMARTS) is 1. The SMILES string of the molecule is CCCCC(CCCCCCBr)C(=O)O. The van der Waals surface area contributed by atoms with Crippen LogP contribution in [0.4, 0.5) is 0 Å². The number of unbranched alkanes of at least 4 members (excludes halogenated alkanes) is 4. The molecule has 0 radical (unpaired) electrons. The second-order valence-corrected chi connectivity index (χ2v) is 4.86. The summed E-state index contributed by atoms with van der Waals surface area (Å²) >= 11 is 3.39. The van der Waals surface area contributed by atoms with Crippen LogP contribution in [0, 0.1) is 5.92 Å². The van der Waals surface area contributed by atoms with Gasteiger partial charge in [-0.15, -0.1) is 0 Å². The molecule has 0 saturated carbocycles. The Morgan fingerprint density at radius 2 is 1.73 bits per heavy atom. The quantitative estimate of drug-likeness (QED) is 0.480. The molecule has 0 spiro atoms. The predicted octanol–water partition coefficient (Wildman–Crippen LogP) is 4.22. The van der Waals surface area contributed by atoms with E-state index < -0.39 is 5.97 Å². The number of carbonyl (C=O) groups is 1. The first-order chi connectivity index (χ1) is 7.22. The maximum Gasteiger partial charge on any atom is 0.306 e. The molecule has 0 heterocycles. The van der Waals surface area contributed by atoms with E-state index in [0.717, 1.165) is 37.4 Å². The number of carboxylic acids is 1. The number of hydrogen-bond donors (Lipinski definition) is 1. The fourth-order valence-corrected chi connectivity index (χ4v) is 2.08. The van der Waals surface area contributed by atoms with E-state index in [1.165, 1.54) is 19.3 Å². The summed E-state index contributed by atoms with van der Waals surface area (Å²) < 4.78 is 0. The molecule has 1 N–H and O–H groups in total. The van der Waals surface area contributed by atoms with Crippen LogP contribution in [-0.4, -0.2) is 16.4 Å². The first-order valence-electron chi connectivity index (χ1n) is 6.01. The van der Waals surface area contributed by atoms with E-state index >= 15 is 0 Å². The number of aliphatic carboxylic acids is 1. The molecule has 0 aromatic rings. The van der Waals surface area contributed by atoms with Crippen LogP contribution in [0.25, 0.3) is 0 Å². The Labute approximate surface area is 102 Å². The van der Waals surface area contributed by atoms with Gasteiger partial charge in [0.2, 0.25) is 0 Å². The smallest absolute Gasteiger partial charge is 0.306 e.